The van der Waals surface area contributed by atoms with E-state index in [0.717, 1.165) is 5.92 Å². The molecule has 2 amide bonds. The first-order chi connectivity index (χ1) is 8.58. The van der Waals surface area contributed by atoms with Crippen molar-refractivity contribution in [3.63, 3.8) is 0 Å². The molecule has 0 aromatic rings. The lowest BCUT2D eigenvalue weighted by atomic mass is 10.1. The summed E-state index contributed by atoms with van der Waals surface area (Å²) in [4.78, 5) is 21.5. The van der Waals surface area contributed by atoms with E-state index >= 15 is 0 Å². The van der Waals surface area contributed by atoms with E-state index in [2.05, 4.69) is 17.6 Å². The zero-order chi connectivity index (χ0) is 14.0. The van der Waals surface area contributed by atoms with Gasteiger partial charge in [0.25, 0.3) is 0 Å². The number of nitrogens with one attached hydrogen (secondary N) is 2. The lowest BCUT2D eigenvalue weighted by Crippen LogP contribution is -2.38. The fourth-order valence-electron chi connectivity index (χ4n) is 2.09. The molecule has 3 N–H and O–H groups in total. The quantitative estimate of drug-likeness (QED) is 0.707. The van der Waals surface area contributed by atoms with Crippen molar-refractivity contribution in [3.8, 4) is 0 Å². The van der Waals surface area contributed by atoms with Crippen LogP contribution in [0.5, 0.6) is 0 Å². The minimum Gasteiger partial charge on any atom is -0.481 e. The molecular formula is C13H26N2O3. The number of carbonyl (C=O) groups is 2. The van der Waals surface area contributed by atoms with E-state index < -0.39 is 5.97 Å². The van der Waals surface area contributed by atoms with Gasteiger partial charge in [-0.2, -0.15) is 0 Å². The molecule has 1 saturated carbocycles. The van der Waals surface area contributed by atoms with E-state index in [1.54, 1.807) is 0 Å². The summed E-state index contributed by atoms with van der Waals surface area (Å²) in [5.74, 6) is 0.451. The molecule has 0 heterocycles. The van der Waals surface area contributed by atoms with Crippen molar-refractivity contribution < 1.29 is 14.7 Å². The number of carboxylic acids is 1. The summed E-state index contributed by atoms with van der Waals surface area (Å²) in [6.07, 6.45) is 3.56. The largest absolute Gasteiger partial charge is 0.481 e. The number of amides is 2. The molecule has 2 atom stereocenters. The van der Waals surface area contributed by atoms with Crippen LogP contribution < -0.4 is 10.6 Å². The Balaban J connectivity index is 0.00000137. The fraction of sp³-hybridized carbons (Fsp3) is 0.846. The van der Waals surface area contributed by atoms with Crippen molar-refractivity contribution in [3.05, 3.63) is 0 Å². The number of aliphatic carboxylic acids is 1. The Kier molecular flexibility index (Phi) is 9.06. The molecule has 1 fully saturated rings. The van der Waals surface area contributed by atoms with E-state index in [0.29, 0.717) is 12.5 Å². The average Bonchev–Trinajstić information content (AvgIpc) is 2.75. The van der Waals surface area contributed by atoms with E-state index in [1.807, 2.05) is 13.8 Å². The van der Waals surface area contributed by atoms with Crippen molar-refractivity contribution in [2.45, 2.75) is 46.5 Å². The molecule has 1 rings (SSSR count). The topological polar surface area (TPSA) is 78.4 Å². The van der Waals surface area contributed by atoms with Gasteiger partial charge < -0.3 is 15.7 Å². The predicted octanol–water partition coefficient (Wildman–Crippen LogP) is 2.22. The van der Waals surface area contributed by atoms with Crippen LogP contribution in [0, 0.1) is 11.8 Å². The third-order valence-corrected chi connectivity index (χ3v) is 2.98. The maximum atomic E-state index is 11.2. The molecule has 1 aliphatic rings. The molecule has 0 aliphatic heterocycles. The van der Waals surface area contributed by atoms with Gasteiger partial charge in [-0.25, -0.2) is 4.79 Å². The minimum absolute atomic E-state index is 0.0338. The van der Waals surface area contributed by atoms with Gasteiger partial charge in [0.05, 0.1) is 6.42 Å². The molecule has 5 nitrogen and oxygen atoms in total. The number of carboxylic acid groups (broad SMARTS) is 1. The summed E-state index contributed by atoms with van der Waals surface area (Å²) in [5.41, 5.74) is 0. The molecule has 2 unspecified atom stereocenters. The van der Waals surface area contributed by atoms with Crippen molar-refractivity contribution in [2.24, 2.45) is 11.8 Å². The lowest BCUT2D eigenvalue weighted by molar-refractivity contribution is -0.136. The Morgan fingerprint density at radius 1 is 1.22 bits per heavy atom. The SMILES string of the molecule is CC.CC1CCC(CNC(=O)NCCC(=O)O)C1. The molecule has 0 bridgehead atoms. The van der Waals surface area contributed by atoms with Crippen LogP contribution in [0.1, 0.15) is 46.5 Å². The highest BCUT2D eigenvalue weighted by molar-refractivity contribution is 5.74. The summed E-state index contributed by atoms with van der Waals surface area (Å²) in [6, 6.07) is -0.263. The summed E-state index contributed by atoms with van der Waals surface area (Å²) in [6.45, 7) is 7.11. The molecule has 18 heavy (non-hydrogen) atoms. The first kappa shape index (κ1) is 16.7. The monoisotopic (exact) mass is 258 g/mol. The van der Waals surface area contributed by atoms with Crippen LogP contribution >= 0.6 is 0 Å². The molecule has 106 valence electrons. The van der Waals surface area contributed by atoms with Gasteiger partial charge in [-0.15, -0.1) is 0 Å². The van der Waals surface area contributed by atoms with Crippen molar-refractivity contribution in [1.82, 2.24) is 10.6 Å². The summed E-state index contributed by atoms with van der Waals surface area (Å²) < 4.78 is 0. The molecule has 0 aromatic heterocycles. The second kappa shape index (κ2) is 9.74. The van der Waals surface area contributed by atoms with Crippen LogP contribution in [-0.2, 0) is 4.79 Å². The van der Waals surface area contributed by atoms with Gasteiger partial charge in [0.15, 0.2) is 0 Å². The molecule has 1 aliphatic carbocycles. The Morgan fingerprint density at radius 2 is 1.89 bits per heavy atom. The zero-order valence-electron chi connectivity index (χ0n) is 11.7. The molecule has 5 heteroatoms. The van der Waals surface area contributed by atoms with Crippen LogP contribution in [0.3, 0.4) is 0 Å². The highest BCUT2D eigenvalue weighted by Crippen LogP contribution is 2.29. The Hall–Kier alpha value is -1.26. The number of hydrogen-bond acceptors (Lipinski definition) is 2. The highest BCUT2D eigenvalue weighted by Gasteiger charge is 2.21. The first-order valence-corrected chi connectivity index (χ1v) is 6.81. The van der Waals surface area contributed by atoms with E-state index in [1.165, 1.54) is 19.3 Å². The van der Waals surface area contributed by atoms with Gasteiger partial charge in [0.2, 0.25) is 0 Å². The summed E-state index contributed by atoms with van der Waals surface area (Å²) in [7, 11) is 0. The Bertz CT molecular complexity index is 257. The maximum absolute atomic E-state index is 11.2. The van der Waals surface area contributed by atoms with Crippen LogP contribution in [0.4, 0.5) is 4.79 Å². The minimum atomic E-state index is -0.898. The Morgan fingerprint density at radius 3 is 2.39 bits per heavy atom. The predicted molar refractivity (Wildman–Crippen MR) is 71.5 cm³/mol. The second-order valence-electron chi connectivity index (χ2n) is 4.56. The maximum Gasteiger partial charge on any atom is 0.314 e. The average molecular weight is 258 g/mol. The molecule has 0 radical (unpaired) electrons. The van der Waals surface area contributed by atoms with E-state index in [4.69, 9.17) is 5.11 Å². The third-order valence-electron chi connectivity index (χ3n) is 2.98. The number of carbonyl (C=O) groups excluding carboxylic acids is 1. The highest BCUT2D eigenvalue weighted by atomic mass is 16.4. The van der Waals surface area contributed by atoms with Crippen LogP contribution in [0.15, 0.2) is 0 Å². The zero-order valence-corrected chi connectivity index (χ0v) is 11.7. The molecule has 0 saturated heterocycles. The lowest BCUT2D eigenvalue weighted by Gasteiger charge is -2.11. The summed E-state index contributed by atoms with van der Waals surface area (Å²) >= 11 is 0. The summed E-state index contributed by atoms with van der Waals surface area (Å²) in [5, 5.41) is 13.7. The number of rotatable bonds is 5. The van der Waals surface area contributed by atoms with Gasteiger partial charge in [0, 0.05) is 13.1 Å². The van der Waals surface area contributed by atoms with Gasteiger partial charge in [0.1, 0.15) is 0 Å². The molecule has 0 aromatic carbocycles. The van der Waals surface area contributed by atoms with E-state index in [-0.39, 0.29) is 19.0 Å². The second-order valence-corrected chi connectivity index (χ2v) is 4.56. The normalized spacial score (nSPS) is 21.7. The van der Waals surface area contributed by atoms with Gasteiger partial charge >= 0.3 is 12.0 Å². The third kappa shape index (κ3) is 7.92. The first-order valence-electron chi connectivity index (χ1n) is 6.81. The number of hydrogen-bond donors (Lipinski definition) is 3. The van der Waals surface area contributed by atoms with Gasteiger partial charge in [-0.1, -0.05) is 27.2 Å². The van der Waals surface area contributed by atoms with Crippen LogP contribution in [0.2, 0.25) is 0 Å². The number of urea groups is 1. The van der Waals surface area contributed by atoms with Crippen molar-refractivity contribution in [1.29, 1.82) is 0 Å². The van der Waals surface area contributed by atoms with Crippen molar-refractivity contribution in [2.75, 3.05) is 13.1 Å². The smallest absolute Gasteiger partial charge is 0.314 e. The Labute approximate surface area is 109 Å². The van der Waals surface area contributed by atoms with Crippen LogP contribution in [0.25, 0.3) is 0 Å². The molecular weight excluding hydrogens is 232 g/mol. The van der Waals surface area contributed by atoms with Crippen LogP contribution in [-0.4, -0.2) is 30.2 Å². The fourth-order valence-corrected chi connectivity index (χ4v) is 2.09. The molecule has 0 spiro atoms. The van der Waals surface area contributed by atoms with Crippen molar-refractivity contribution >= 4 is 12.0 Å². The standard InChI is InChI=1S/C11H20N2O3.C2H6/c1-8-2-3-9(6-8)7-13-11(16)12-5-4-10(14)15;1-2/h8-9H,2-7H2,1H3,(H,14,15)(H2,12,13,16);1-2H3. The van der Waals surface area contributed by atoms with Gasteiger partial charge in [-0.3, -0.25) is 4.79 Å². The van der Waals surface area contributed by atoms with Gasteiger partial charge in [-0.05, 0) is 24.7 Å². The van der Waals surface area contributed by atoms with E-state index in [9.17, 15) is 9.59 Å².